The Labute approximate surface area is 152 Å². The molecular weight excluding hydrogens is 359 g/mol. The number of hydrogen-bond acceptors (Lipinski definition) is 5. The van der Waals surface area contributed by atoms with E-state index in [2.05, 4.69) is 15.4 Å². The normalized spacial score (nSPS) is 11.6. The summed E-state index contributed by atoms with van der Waals surface area (Å²) >= 11 is 6.18. The molecule has 0 atom stereocenters. The number of hydrogen-bond donors (Lipinski definition) is 1. The standard InChI is InChI=1S/C18H12ClFN4O2/c19-12-3-6-14-15(8-22-25)17(18-23-21-10-26-18)24(16(14)7-12)9-11-1-4-13(20)5-2-11/h1-8,10,25H,9H2/b22-8+. The van der Waals surface area contributed by atoms with Crippen LogP contribution in [0.3, 0.4) is 0 Å². The topological polar surface area (TPSA) is 76.4 Å². The van der Waals surface area contributed by atoms with E-state index in [9.17, 15) is 4.39 Å². The van der Waals surface area contributed by atoms with Crippen LogP contribution in [0.15, 0.2) is 58.4 Å². The lowest BCUT2D eigenvalue weighted by molar-refractivity contribution is 0.322. The van der Waals surface area contributed by atoms with Crippen molar-refractivity contribution >= 4 is 28.7 Å². The molecule has 0 aliphatic heterocycles. The van der Waals surface area contributed by atoms with E-state index in [1.165, 1.54) is 24.7 Å². The summed E-state index contributed by atoms with van der Waals surface area (Å²) in [7, 11) is 0. The Morgan fingerprint density at radius 1 is 1.23 bits per heavy atom. The van der Waals surface area contributed by atoms with Gasteiger partial charge in [0.15, 0.2) is 0 Å². The Morgan fingerprint density at radius 3 is 2.73 bits per heavy atom. The fraction of sp³-hybridized carbons (Fsp3) is 0.0556. The second kappa shape index (κ2) is 6.61. The molecule has 0 amide bonds. The zero-order valence-corrected chi connectivity index (χ0v) is 14.1. The smallest absolute Gasteiger partial charge is 0.264 e. The Kier molecular flexibility index (Phi) is 4.14. The number of aromatic nitrogens is 3. The molecule has 26 heavy (non-hydrogen) atoms. The molecule has 2 heterocycles. The molecule has 6 nitrogen and oxygen atoms in total. The SMILES string of the molecule is O/N=C/c1c(-c2nnco2)n(Cc2ccc(F)cc2)c2cc(Cl)ccc12. The first kappa shape index (κ1) is 16.3. The van der Waals surface area contributed by atoms with Crippen molar-refractivity contribution in [2.24, 2.45) is 5.16 Å². The van der Waals surface area contributed by atoms with Crippen LogP contribution in [0.4, 0.5) is 4.39 Å². The van der Waals surface area contributed by atoms with Gasteiger partial charge in [0.05, 0.1) is 11.7 Å². The number of benzene rings is 2. The van der Waals surface area contributed by atoms with Crippen molar-refractivity contribution in [1.82, 2.24) is 14.8 Å². The molecule has 2 aromatic carbocycles. The summed E-state index contributed by atoms with van der Waals surface area (Å²) < 4.78 is 20.5. The predicted octanol–water partition coefficient (Wildman–Crippen LogP) is 4.34. The Bertz CT molecular complexity index is 1090. The monoisotopic (exact) mass is 370 g/mol. The number of oxime groups is 1. The van der Waals surface area contributed by atoms with Gasteiger partial charge in [0.1, 0.15) is 11.5 Å². The highest BCUT2D eigenvalue weighted by atomic mass is 35.5. The van der Waals surface area contributed by atoms with E-state index in [0.717, 1.165) is 16.5 Å². The molecule has 0 spiro atoms. The fourth-order valence-electron chi connectivity index (χ4n) is 2.98. The van der Waals surface area contributed by atoms with Crippen LogP contribution in [-0.2, 0) is 6.54 Å². The van der Waals surface area contributed by atoms with Gasteiger partial charge in [-0.15, -0.1) is 10.2 Å². The highest BCUT2D eigenvalue weighted by molar-refractivity contribution is 6.31. The van der Waals surface area contributed by atoms with Gasteiger partial charge in [-0.2, -0.15) is 0 Å². The van der Waals surface area contributed by atoms with Crippen molar-refractivity contribution in [1.29, 1.82) is 0 Å². The molecule has 0 aliphatic carbocycles. The molecule has 8 heteroatoms. The number of rotatable bonds is 4. The molecule has 0 saturated carbocycles. The Balaban J connectivity index is 2.00. The zero-order chi connectivity index (χ0) is 18.1. The first-order valence-electron chi connectivity index (χ1n) is 7.67. The van der Waals surface area contributed by atoms with Crippen molar-refractivity contribution < 1.29 is 14.0 Å². The van der Waals surface area contributed by atoms with E-state index in [-0.39, 0.29) is 11.7 Å². The van der Waals surface area contributed by atoms with Crippen LogP contribution in [0.25, 0.3) is 22.5 Å². The second-order valence-electron chi connectivity index (χ2n) is 5.62. The molecule has 0 radical (unpaired) electrons. The van der Waals surface area contributed by atoms with Crippen LogP contribution < -0.4 is 0 Å². The van der Waals surface area contributed by atoms with Crippen LogP contribution in [0.2, 0.25) is 5.02 Å². The van der Waals surface area contributed by atoms with Gasteiger partial charge in [-0.05, 0) is 29.8 Å². The maximum Gasteiger partial charge on any atom is 0.264 e. The molecule has 4 rings (SSSR count). The number of halogens is 2. The third-order valence-electron chi connectivity index (χ3n) is 4.07. The second-order valence-corrected chi connectivity index (χ2v) is 6.06. The van der Waals surface area contributed by atoms with E-state index in [1.807, 2.05) is 10.6 Å². The first-order chi connectivity index (χ1) is 12.7. The van der Waals surface area contributed by atoms with Gasteiger partial charge >= 0.3 is 0 Å². The van der Waals surface area contributed by atoms with E-state index >= 15 is 0 Å². The van der Waals surface area contributed by atoms with Gasteiger partial charge in [-0.3, -0.25) is 0 Å². The molecule has 130 valence electrons. The lowest BCUT2D eigenvalue weighted by atomic mass is 10.1. The minimum absolute atomic E-state index is 0.273. The van der Waals surface area contributed by atoms with Gasteiger partial charge < -0.3 is 14.2 Å². The van der Waals surface area contributed by atoms with Crippen LogP contribution in [0.5, 0.6) is 0 Å². The van der Waals surface area contributed by atoms with Gasteiger partial charge in [-0.1, -0.05) is 35.0 Å². The summed E-state index contributed by atoms with van der Waals surface area (Å²) in [6.45, 7) is 0.411. The van der Waals surface area contributed by atoms with Crippen LogP contribution in [0.1, 0.15) is 11.1 Å². The van der Waals surface area contributed by atoms with Crippen LogP contribution >= 0.6 is 11.6 Å². The minimum atomic E-state index is -0.306. The quantitative estimate of drug-likeness (QED) is 0.329. The third-order valence-corrected chi connectivity index (χ3v) is 4.30. The van der Waals surface area contributed by atoms with Crippen molar-refractivity contribution in [2.75, 3.05) is 0 Å². The van der Waals surface area contributed by atoms with Crippen molar-refractivity contribution in [3.63, 3.8) is 0 Å². The summed E-state index contributed by atoms with van der Waals surface area (Å²) in [5.41, 5.74) is 2.87. The maximum absolute atomic E-state index is 13.2. The van der Waals surface area contributed by atoms with E-state index < -0.39 is 0 Å². The molecular formula is C18H12ClFN4O2. The minimum Gasteiger partial charge on any atom is -0.422 e. The highest BCUT2D eigenvalue weighted by Gasteiger charge is 2.21. The van der Waals surface area contributed by atoms with Crippen LogP contribution in [0, 0.1) is 5.82 Å². The summed E-state index contributed by atoms with van der Waals surface area (Å²) in [5, 5.41) is 21.4. The Morgan fingerprint density at radius 2 is 2.04 bits per heavy atom. The van der Waals surface area contributed by atoms with E-state index in [1.54, 1.807) is 24.3 Å². The molecule has 0 fully saturated rings. The predicted molar refractivity (Wildman–Crippen MR) is 95.1 cm³/mol. The average Bonchev–Trinajstić information content (AvgIpc) is 3.25. The fourth-order valence-corrected chi connectivity index (χ4v) is 3.15. The summed E-state index contributed by atoms with van der Waals surface area (Å²) in [6.07, 6.45) is 2.54. The third kappa shape index (κ3) is 2.82. The average molecular weight is 371 g/mol. The summed E-state index contributed by atoms with van der Waals surface area (Å²) in [5.74, 6) is -0.0336. The summed E-state index contributed by atoms with van der Waals surface area (Å²) in [6, 6.07) is 11.6. The summed E-state index contributed by atoms with van der Waals surface area (Å²) in [4.78, 5) is 0. The molecule has 0 unspecified atom stereocenters. The first-order valence-corrected chi connectivity index (χ1v) is 8.05. The number of nitrogens with zero attached hydrogens (tertiary/aromatic N) is 4. The van der Waals surface area contributed by atoms with Gasteiger partial charge in [0, 0.05) is 22.5 Å². The van der Waals surface area contributed by atoms with Crippen molar-refractivity contribution in [3.8, 4) is 11.6 Å². The number of fused-ring (bicyclic) bond motifs is 1. The molecule has 0 saturated heterocycles. The van der Waals surface area contributed by atoms with Crippen molar-refractivity contribution in [3.05, 3.63) is 70.8 Å². The zero-order valence-electron chi connectivity index (χ0n) is 13.3. The highest BCUT2D eigenvalue weighted by Crippen LogP contribution is 2.34. The van der Waals surface area contributed by atoms with Gasteiger partial charge in [-0.25, -0.2) is 4.39 Å². The van der Waals surface area contributed by atoms with E-state index in [0.29, 0.717) is 22.8 Å². The molecule has 0 bridgehead atoms. The Hall–Kier alpha value is -3.19. The molecule has 4 aromatic rings. The molecule has 1 N–H and O–H groups in total. The van der Waals surface area contributed by atoms with Crippen molar-refractivity contribution in [2.45, 2.75) is 6.54 Å². The maximum atomic E-state index is 13.2. The van der Waals surface area contributed by atoms with Gasteiger partial charge in [0.25, 0.3) is 5.89 Å². The lowest BCUT2D eigenvalue weighted by Gasteiger charge is -2.09. The lowest BCUT2D eigenvalue weighted by Crippen LogP contribution is -2.03. The molecule has 0 aliphatic rings. The molecule has 2 aromatic heterocycles. The van der Waals surface area contributed by atoms with Gasteiger partial charge in [0.2, 0.25) is 6.39 Å². The van der Waals surface area contributed by atoms with E-state index in [4.69, 9.17) is 21.2 Å². The largest absolute Gasteiger partial charge is 0.422 e. The van der Waals surface area contributed by atoms with Crippen LogP contribution in [-0.4, -0.2) is 26.2 Å².